The first-order valence-electron chi connectivity index (χ1n) is 4.20. The molecule has 66 valence electrons. The van der Waals surface area contributed by atoms with E-state index in [4.69, 9.17) is 0 Å². The minimum atomic E-state index is 0.562. The highest BCUT2D eigenvalue weighted by Gasteiger charge is 2.49. The van der Waals surface area contributed by atoms with E-state index < -0.39 is 0 Å². The van der Waals surface area contributed by atoms with Crippen molar-refractivity contribution < 1.29 is 0 Å². The van der Waals surface area contributed by atoms with Gasteiger partial charge < -0.3 is 0 Å². The minimum absolute atomic E-state index is 0.562. The molecule has 0 spiro atoms. The van der Waals surface area contributed by atoms with E-state index in [9.17, 15) is 0 Å². The molecule has 0 aromatic carbocycles. The van der Waals surface area contributed by atoms with Crippen molar-refractivity contribution in [1.82, 2.24) is 4.98 Å². The average molecular weight is 246 g/mol. The molecule has 1 heterocycles. The fourth-order valence-corrected chi connectivity index (χ4v) is 3.44. The van der Waals surface area contributed by atoms with Crippen molar-refractivity contribution in [2.75, 3.05) is 5.33 Å². The van der Waals surface area contributed by atoms with Crippen LogP contribution in [0, 0.1) is 11.3 Å². The van der Waals surface area contributed by atoms with E-state index in [-0.39, 0.29) is 0 Å². The standard InChI is InChI=1S/C9H12BrNS/c1-7-2-9(7,5-10)3-8-4-11-6-12-8/h4,6-7H,2-3,5H2,1H3. The first kappa shape index (κ1) is 8.70. The molecule has 0 amide bonds. The van der Waals surface area contributed by atoms with E-state index >= 15 is 0 Å². The van der Waals surface area contributed by atoms with Crippen molar-refractivity contribution >= 4 is 27.3 Å². The summed E-state index contributed by atoms with van der Waals surface area (Å²) in [6, 6.07) is 0. The van der Waals surface area contributed by atoms with Crippen molar-refractivity contribution in [2.24, 2.45) is 11.3 Å². The molecule has 2 rings (SSSR count). The molecule has 2 unspecified atom stereocenters. The molecule has 1 nitrogen and oxygen atoms in total. The highest BCUT2D eigenvalue weighted by atomic mass is 79.9. The molecule has 0 bridgehead atoms. The van der Waals surface area contributed by atoms with Gasteiger partial charge in [-0.1, -0.05) is 22.9 Å². The van der Waals surface area contributed by atoms with Crippen LogP contribution < -0.4 is 0 Å². The van der Waals surface area contributed by atoms with E-state index in [2.05, 4.69) is 27.8 Å². The second kappa shape index (κ2) is 3.11. The summed E-state index contributed by atoms with van der Waals surface area (Å²) in [5.74, 6) is 0.888. The lowest BCUT2D eigenvalue weighted by Gasteiger charge is -2.10. The van der Waals surface area contributed by atoms with Gasteiger partial charge in [0, 0.05) is 16.4 Å². The van der Waals surface area contributed by atoms with E-state index in [1.807, 2.05) is 11.7 Å². The second-order valence-electron chi connectivity index (χ2n) is 3.75. The lowest BCUT2D eigenvalue weighted by molar-refractivity contribution is 0.536. The van der Waals surface area contributed by atoms with Crippen molar-refractivity contribution in [3.8, 4) is 0 Å². The number of halogens is 1. The summed E-state index contributed by atoms with van der Waals surface area (Å²) < 4.78 is 0. The van der Waals surface area contributed by atoms with Gasteiger partial charge >= 0.3 is 0 Å². The molecule has 1 aromatic heterocycles. The molecule has 1 aliphatic rings. The molecular weight excluding hydrogens is 234 g/mol. The summed E-state index contributed by atoms with van der Waals surface area (Å²) in [7, 11) is 0. The van der Waals surface area contributed by atoms with Crippen LogP contribution in [-0.2, 0) is 6.42 Å². The molecule has 12 heavy (non-hydrogen) atoms. The van der Waals surface area contributed by atoms with Crippen LogP contribution in [0.1, 0.15) is 18.2 Å². The molecule has 1 aliphatic carbocycles. The second-order valence-corrected chi connectivity index (χ2v) is 5.28. The Balaban J connectivity index is 2.04. The summed E-state index contributed by atoms with van der Waals surface area (Å²) in [6.45, 7) is 2.34. The smallest absolute Gasteiger partial charge is 0.0794 e. The Morgan fingerprint density at radius 2 is 2.58 bits per heavy atom. The minimum Gasteiger partial charge on any atom is -0.253 e. The van der Waals surface area contributed by atoms with E-state index in [1.165, 1.54) is 17.7 Å². The first-order chi connectivity index (χ1) is 5.77. The number of hydrogen-bond acceptors (Lipinski definition) is 2. The van der Waals surface area contributed by atoms with Crippen molar-refractivity contribution in [3.63, 3.8) is 0 Å². The third kappa shape index (κ3) is 1.44. The molecule has 0 saturated heterocycles. The van der Waals surface area contributed by atoms with Crippen LogP contribution >= 0.6 is 27.3 Å². The van der Waals surface area contributed by atoms with Gasteiger partial charge in [-0.05, 0) is 24.2 Å². The summed E-state index contributed by atoms with van der Waals surface area (Å²) >= 11 is 5.38. The van der Waals surface area contributed by atoms with Crippen molar-refractivity contribution in [2.45, 2.75) is 19.8 Å². The number of aromatic nitrogens is 1. The molecular formula is C9H12BrNS. The van der Waals surface area contributed by atoms with Gasteiger partial charge in [-0.25, -0.2) is 0 Å². The Kier molecular flexibility index (Phi) is 2.25. The van der Waals surface area contributed by atoms with E-state index in [1.54, 1.807) is 11.3 Å². The Hall–Kier alpha value is 0.110. The van der Waals surface area contributed by atoms with Crippen LogP contribution in [0.4, 0.5) is 0 Å². The molecule has 1 aromatic rings. The predicted molar refractivity (Wildman–Crippen MR) is 55.8 cm³/mol. The lowest BCUT2D eigenvalue weighted by Crippen LogP contribution is -2.07. The van der Waals surface area contributed by atoms with Gasteiger partial charge in [0.25, 0.3) is 0 Å². The third-order valence-electron chi connectivity index (χ3n) is 2.87. The number of nitrogens with zero attached hydrogens (tertiary/aromatic N) is 1. The normalized spacial score (nSPS) is 33.7. The van der Waals surface area contributed by atoms with Gasteiger partial charge in [-0.2, -0.15) is 0 Å². The maximum absolute atomic E-state index is 4.10. The zero-order chi connectivity index (χ0) is 8.60. The zero-order valence-corrected chi connectivity index (χ0v) is 9.49. The molecule has 0 radical (unpaired) electrons. The highest BCUT2D eigenvalue weighted by molar-refractivity contribution is 9.09. The Labute approximate surface area is 85.3 Å². The topological polar surface area (TPSA) is 12.9 Å². The van der Waals surface area contributed by atoms with Crippen LogP contribution in [0.15, 0.2) is 11.7 Å². The summed E-state index contributed by atoms with van der Waals surface area (Å²) in [5.41, 5.74) is 2.48. The number of alkyl halides is 1. The van der Waals surface area contributed by atoms with Crippen LogP contribution in [0.25, 0.3) is 0 Å². The molecule has 2 atom stereocenters. The molecule has 0 N–H and O–H groups in total. The maximum atomic E-state index is 4.10. The molecule has 1 saturated carbocycles. The van der Waals surface area contributed by atoms with Gasteiger partial charge in [0.15, 0.2) is 0 Å². The molecule has 0 aliphatic heterocycles. The van der Waals surface area contributed by atoms with E-state index in [0.29, 0.717) is 5.41 Å². The van der Waals surface area contributed by atoms with Crippen LogP contribution in [0.2, 0.25) is 0 Å². The summed E-state index contributed by atoms with van der Waals surface area (Å²) in [5, 5.41) is 1.14. The predicted octanol–water partition coefficient (Wildman–Crippen LogP) is 3.11. The first-order valence-corrected chi connectivity index (χ1v) is 6.20. The third-order valence-corrected chi connectivity index (χ3v) is 4.77. The fraction of sp³-hybridized carbons (Fsp3) is 0.667. The largest absolute Gasteiger partial charge is 0.253 e. The molecule has 3 heteroatoms. The number of thiazole rings is 1. The van der Waals surface area contributed by atoms with Gasteiger partial charge in [0.1, 0.15) is 0 Å². The van der Waals surface area contributed by atoms with Crippen LogP contribution in [-0.4, -0.2) is 10.3 Å². The fourth-order valence-electron chi connectivity index (χ4n) is 1.71. The Bertz CT molecular complexity index is 256. The Morgan fingerprint density at radius 1 is 1.83 bits per heavy atom. The van der Waals surface area contributed by atoms with Crippen LogP contribution in [0.3, 0.4) is 0 Å². The molecule has 1 fully saturated rings. The highest BCUT2D eigenvalue weighted by Crippen LogP contribution is 2.55. The van der Waals surface area contributed by atoms with Crippen molar-refractivity contribution in [1.29, 1.82) is 0 Å². The maximum Gasteiger partial charge on any atom is 0.0794 e. The average Bonchev–Trinajstić information content (AvgIpc) is 2.51. The van der Waals surface area contributed by atoms with Crippen molar-refractivity contribution in [3.05, 3.63) is 16.6 Å². The number of rotatable bonds is 3. The quantitative estimate of drug-likeness (QED) is 0.747. The van der Waals surface area contributed by atoms with Gasteiger partial charge in [-0.3, -0.25) is 4.98 Å². The summed E-state index contributed by atoms with van der Waals surface area (Å²) in [6.07, 6.45) is 4.58. The van der Waals surface area contributed by atoms with E-state index in [0.717, 1.165) is 11.2 Å². The van der Waals surface area contributed by atoms with Gasteiger partial charge in [0.05, 0.1) is 5.51 Å². The lowest BCUT2D eigenvalue weighted by atomic mass is 10.0. The summed E-state index contributed by atoms with van der Waals surface area (Å²) in [4.78, 5) is 5.53. The monoisotopic (exact) mass is 245 g/mol. The van der Waals surface area contributed by atoms with Gasteiger partial charge in [0.2, 0.25) is 0 Å². The Morgan fingerprint density at radius 3 is 3.00 bits per heavy atom. The SMILES string of the molecule is CC1CC1(CBr)Cc1cncs1. The zero-order valence-electron chi connectivity index (χ0n) is 7.09. The number of hydrogen-bond donors (Lipinski definition) is 0. The van der Waals surface area contributed by atoms with Gasteiger partial charge in [-0.15, -0.1) is 11.3 Å². The van der Waals surface area contributed by atoms with Crippen LogP contribution in [0.5, 0.6) is 0 Å².